The van der Waals surface area contributed by atoms with Crippen molar-refractivity contribution in [3.63, 3.8) is 0 Å². The summed E-state index contributed by atoms with van der Waals surface area (Å²) >= 11 is 0. The van der Waals surface area contributed by atoms with Gasteiger partial charge in [-0.25, -0.2) is 0 Å². The molecule has 17 heavy (non-hydrogen) atoms. The average Bonchev–Trinajstić information content (AvgIpc) is 2.39. The molecule has 0 saturated heterocycles. The highest BCUT2D eigenvalue weighted by Gasteiger charge is 2.03. The van der Waals surface area contributed by atoms with Crippen molar-refractivity contribution in [3.8, 4) is 11.1 Å². The lowest BCUT2D eigenvalue weighted by Gasteiger charge is -2.05. The second kappa shape index (κ2) is 4.80. The van der Waals surface area contributed by atoms with Crippen LogP contribution < -0.4 is 5.73 Å². The first-order chi connectivity index (χ1) is 8.20. The lowest BCUT2D eigenvalue weighted by molar-refractivity contribution is 0.100. The Morgan fingerprint density at radius 2 is 1.71 bits per heavy atom. The SMILES string of the molecule is NC(=O)c1cccc(-c2cccc(CO)c2)c1. The normalized spacial score (nSPS) is 10.2. The third-order valence-electron chi connectivity index (χ3n) is 2.59. The number of carbonyl (C=O) groups excluding carboxylic acids is 1. The summed E-state index contributed by atoms with van der Waals surface area (Å²) in [7, 11) is 0. The molecule has 0 aliphatic carbocycles. The Hall–Kier alpha value is -2.13. The smallest absolute Gasteiger partial charge is 0.248 e. The van der Waals surface area contributed by atoms with E-state index in [1.54, 1.807) is 18.2 Å². The van der Waals surface area contributed by atoms with E-state index >= 15 is 0 Å². The fourth-order valence-corrected chi connectivity index (χ4v) is 1.70. The molecule has 3 heteroatoms. The summed E-state index contributed by atoms with van der Waals surface area (Å²) in [6, 6.07) is 14.7. The molecule has 0 spiro atoms. The third kappa shape index (κ3) is 2.52. The highest BCUT2D eigenvalue weighted by atomic mass is 16.3. The molecule has 0 heterocycles. The Bertz CT molecular complexity index is 549. The van der Waals surface area contributed by atoms with Gasteiger partial charge in [0.15, 0.2) is 0 Å². The van der Waals surface area contributed by atoms with Crippen molar-refractivity contribution in [1.82, 2.24) is 0 Å². The third-order valence-corrected chi connectivity index (χ3v) is 2.59. The monoisotopic (exact) mass is 227 g/mol. The van der Waals surface area contributed by atoms with Crippen molar-refractivity contribution in [1.29, 1.82) is 0 Å². The largest absolute Gasteiger partial charge is 0.392 e. The molecular formula is C14H13NO2. The zero-order valence-electron chi connectivity index (χ0n) is 9.26. The van der Waals surface area contributed by atoms with Crippen LogP contribution in [0.25, 0.3) is 11.1 Å². The predicted molar refractivity (Wildman–Crippen MR) is 66.3 cm³/mol. The van der Waals surface area contributed by atoms with Crippen LogP contribution in [0.15, 0.2) is 48.5 Å². The summed E-state index contributed by atoms with van der Waals surface area (Å²) in [6.07, 6.45) is 0. The van der Waals surface area contributed by atoms with Gasteiger partial charge in [0, 0.05) is 5.56 Å². The molecule has 0 atom stereocenters. The number of benzene rings is 2. The van der Waals surface area contributed by atoms with Crippen molar-refractivity contribution >= 4 is 5.91 Å². The van der Waals surface area contributed by atoms with Gasteiger partial charge in [0.2, 0.25) is 5.91 Å². The molecule has 86 valence electrons. The second-order valence-corrected chi connectivity index (χ2v) is 3.80. The summed E-state index contributed by atoms with van der Waals surface area (Å²) in [6.45, 7) is 0.00332. The van der Waals surface area contributed by atoms with Gasteiger partial charge in [-0.15, -0.1) is 0 Å². The van der Waals surface area contributed by atoms with Crippen molar-refractivity contribution in [2.24, 2.45) is 5.73 Å². The van der Waals surface area contributed by atoms with Crippen LogP contribution in [0.1, 0.15) is 15.9 Å². The molecule has 3 N–H and O–H groups in total. The van der Waals surface area contributed by atoms with E-state index in [4.69, 9.17) is 10.8 Å². The minimum atomic E-state index is -0.440. The summed E-state index contributed by atoms with van der Waals surface area (Å²) < 4.78 is 0. The van der Waals surface area contributed by atoms with Gasteiger partial charge in [-0.3, -0.25) is 4.79 Å². The van der Waals surface area contributed by atoms with E-state index < -0.39 is 5.91 Å². The highest BCUT2D eigenvalue weighted by Crippen LogP contribution is 2.21. The maximum absolute atomic E-state index is 11.1. The van der Waals surface area contributed by atoms with Gasteiger partial charge in [-0.2, -0.15) is 0 Å². The Labute approximate surface area is 99.5 Å². The average molecular weight is 227 g/mol. The fourth-order valence-electron chi connectivity index (χ4n) is 1.70. The van der Waals surface area contributed by atoms with Crippen LogP contribution >= 0.6 is 0 Å². The van der Waals surface area contributed by atoms with Crippen molar-refractivity contribution in [3.05, 3.63) is 59.7 Å². The molecular weight excluding hydrogens is 214 g/mol. The first-order valence-electron chi connectivity index (χ1n) is 5.31. The van der Waals surface area contributed by atoms with Crippen LogP contribution in [0.2, 0.25) is 0 Å². The van der Waals surface area contributed by atoms with Gasteiger partial charge in [-0.1, -0.05) is 30.3 Å². The van der Waals surface area contributed by atoms with Gasteiger partial charge < -0.3 is 10.8 Å². The number of nitrogens with two attached hydrogens (primary N) is 1. The molecule has 0 bridgehead atoms. The van der Waals surface area contributed by atoms with E-state index in [2.05, 4.69) is 0 Å². The van der Waals surface area contributed by atoms with E-state index in [9.17, 15) is 4.79 Å². The Morgan fingerprint density at radius 1 is 1.06 bits per heavy atom. The molecule has 0 saturated carbocycles. The van der Waals surface area contributed by atoms with E-state index in [-0.39, 0.29) is 6.61 Å². The second-order valence-electron chi connectivity index (χ2n) is 3.80. The molecule has 2 aromatic carbocycles. The van der Waals surface area contributed by atoms with Gasteiger partial charge in [-0.05, 0) is 34.9 Å². The van der Waals surface area contributed by atoms with Gasteiger partial charge >= 0.3 is 0 Å². The molecule has 0 aliphatic heterocycles. The molecule has 0 aliphatic rings. The van der Waals surface area contributed by atoms with Crippen LogP contribution in [-0.2, 0) is 6.61 Å². The summed E-state index contributed by atoms with van der Waals surface area (Å²) in [5.74, 6) is -0.440. The molecule has 0 aromatic heterocycles. The number of primary amides is 1. The number of rotatable bonds is 3. The lowest BCUT2D eigenvalue weighted by atomic mass is 10.0. The molecule has 0 unspecified atom stereocenters. The summed E-state index contributed by atoms with van der Waals surface area (Å²) in [5.41, 5.74) is 8.43. The van der Waals surface area contributed by atoms with Crippen LogP contribution in [-0.4, -0.2) is 11.0 Å². The molecule has 0 radical (unpaired) electrons. The van der Waals surface area contributed by atoms with E-state index in [1.165, 1.54) is 0 Å². The van der Waals surface area contributed by atoms with E-state index in [0.717, 1.165) is 16.7 Å². The number of aliphatic hydroxyl groups excluding tert-OH is 1. The quantitative estimate of drug-likeness (QED) is 0.841. The maximum Gasteiger partial charge on any atom is 0.248 e. The topological polar surface area (TPSA) is 63.3 Å². The Morgan fingerprint density at radius 3 is 2.35 bits per heavy atom. The number of aliphatic hydroxyl groups is 1. The minimum absolute atomic E-state index is 0.00332. The van der Waals surface area contributed by atoms with Gasteiger partial charge in [0.1, 0.15) is 0 Å². The fraction of sp³-hybridized carbons (Fsp3) is 0.0714. The first kappa shape index (κ1) is 11.4. The van der Waals surface area contributed by atoms with Crippen LogP contribution in [0, 0.1) is 0 Å². The van der Waals surface area contributed by atoms with Crippen LogP contribution in [0.5, 0.6) is 0 Å². The standard InChI is InChI=1S/C14H13NO2/c15-14(17)13-6-2-5-12(8-13)11-4-1-3-10(7-11)9-16/h1-8,16H,9H2,(H2,15,17). The predicted octanol–water partition coefficient (Wildman–Crippen LogP) is 1.94. The maximum atomic E-state index is 11.1. The Balaban J connectivity index is 2.45. The number of hydrogen-bond donors (Lipinski definition) is 2. The number of amides is 1. The number of hydrogen-bond acceptors (Lipinski definition) is 2. The first-order valence-corrected chi connectivity index (χ1v) is 5.31. The van der Waals surface area contributed by atoms with Crippen molar-refractivity contribution < 1.29 is 9.90 Å². The number of carbonyl (C=O) groups is 1. The molecule has 2 rings (SSSR count). The van der Waals surface area contributed by atoms with Crippen molar-refractivity contribution in [2.75, 3.05) is 0 Å². The van der Waals surface area contributed by atoms with E-state index in [1.807, 2.05) is 30.3 Å². The van der Waals surface area contributed by atoms with Crippen LogP contribution in [0.3, 0.4) is 0 Å². The molecule has 0 fully saturated rings. The van der Waals surface area contributed by atoms with Crippen molar-refractivity contribution in [2.45, 2.75) is 6.61 Å². The highest BCUT2D eigenvalue weighted by molar-refractivity contribution is 5.94. The zero-order chi connectivity index (χ0) is 12.3. The molecule has 3 nitrogen and oxygen atoms in total. The van der Waals surface area contributed by atoms with E-state index in [0.29, 0.717) is 5.56 Å². The summed E-state index contributed by atoms with van der Waals surface area (Å²) in [4.78, 5) is 11.1. The van der Waals surface area contributed by atoms with Crippen LogP contribution in [0.4, 0.5) is 0 Å². The lowest BCUT2D eigenvalue weighted by Crippen LogP contribution is -2.10. The Kier molecular flexibility index (Phi) is 3.21. The summed E-state index contributed by atoms with van der Waals surface area (Å²) in [5, 5.41) is 9.08. The van der Waals surface area contributed by atoms with Gasteiger partial charge in [0.25, 0.3) is 0 Å². The molecule has 1 amide bonds. The van der Waals surface area contributed by atoms with Gasteiger partial charge in [0.05, 0.1) is 6.61 Å². The molecule has 2 aromatic rings. The minimum Gasteiger partial charge on any atom is -0.392 e. The zero-order valence-corrected chi connectivity index (χ0v) is 9.26.